The average Bonchev–Trinajstić information content (AvgIpc) is 2.75. The van der Waals surface area contributed by atoms with E-state index < -0.39 is 11.8 Å². The lowest BCUT2D eigenvalue weighted by Gasteiger charge is -2.11. The molecule has 0 unspecified atom stereocenters. The van der Waals surface area contributed by atoms with Crippen LogP contribution in [0.1, 0.15) is 33.3 Å². The summed E-state index contributed by atoms with van der Waals surface area (Å²) in [5.41, 5.74) is 1.58. The minimum atomic E-state index is -0.468. The molecule has 0 aliphatic heterocycles. The summed E-state index contributed by atoms with van der Waals surface area (Å²) in [4.78, 5) is 29.2. The first kappa shape index (κ1) is 19.6. The molecule has 7 nitrogen and oxygen atoms in total. The number of para-hydroxylation sites is 3. The van der Waals surface area contributed by atoms with Crippen LogP contribution < -0.4 is 15.4 Å². The van der Waals surface area contributed by atoms with E-state index in [2.05, 4.69) is 15.6 Å². The molecule has 2 amide bonds. The lowest BCUT2D eigenvalue weighted by atomic mass is 10.1. The van der Waals surface area contributed by atoms with Gasteiger partial charge < -0.3 is 15.4 Å². The van der Waals surface area contributed by atoms with Gasteiger partial charge in [0.25, 0.3) is 11.8 Å². The van der Waals surface area contributed by atoms with Crippen LogP contribution in [0.5, 0.6) is 5.75 Å². The number of rotatable bonds is 6. The number of nitriles is 1. The number of amides is 2. The van der Waals surface area contributed by atoms with Crippen molar-refractivity contribution in [2.45, 2.75) is 6.92 Å². The Labute approximate surface area is 168 Å². The molecule has 3 rings (SSSR count). The van der Waals surface area contributed by atoms with E-state index in [9.17, 15) is 9.59 Å². The third-order valence-electron chi connectivity index (χ3n) is 3.99. The number of carbonyl (C=O) groups is 2. The molecule has 1 heterocycles. The van der Waals surface area contributed by atoms with Crippen LogP contribution in [0.15, 0.2) is 66.9 Å². The standard InChI is InChI=1S/C22H18N4O3/c1-2-29-20-10-6-5-9-18(20)26-22(28)19-13-15(11-12-24-19)21(27)25-17-8-4-3-7-16(17)14-23/h3-13H,2H2,1H3,(H,25,27)(H,26,28). The third kappa shape index (κ3) is 4.76. The third-order valence-corrected chi connectivity index (χ3v) is 3.99. The molecule has 0 radical (unpaired) electrons. The maximum absolute atomic E-state index is 12.6. The van der Waals surface area contributed by atoms with Gasteiger partial charge in [0.15, 0.2) is 0 Å². The number of hydrogen-bond acceptors (Lipinski definition) is 5. The molecule has 3 aromatic rings. The van der Waals surface area contributed by atoms with Gasteiger partial charge >= 0.3 is 0 Å². The second-order valence-electron chi connectivity index (χ2n) is 5.92. The zero-order valence-electron chi connectivity index (χ0n) is 15.7. The smallest absolute Gasteiger partial charge is 0.274 e. The molecule has 1 aromatic heterocycles. The van der Waals surface area contributed by atoms with Gasteiger partial charge in [-0.25, -0.2) is 0 Å². The van der Waals surface area contributed by atoms with Crippen LogP contribution in [0.2, 0.25) is 0 Å². The summed E-state index contributed by atoms with van der Waals surface area (Å²) in [5, 5.41) is 14.6. The predicted molar refractivity (Wildman–Crippen MR) is 109 cm³/mol. The summed E-state index contributed by atoms with van der Waals surface area (Å²) in [6.45, 7) is 2.32. The summed E-state index contributed by atoms with van der Waals surface area (Å²) >= 11 is 0. The van der Waals surface area contributed by atoms with Gasteiger partial charge in [-0.1, -0.05) is 24.3 Å². The topological polar surface area (TPSA) is 104 Å². The van der Waals surface area contributed by atoms with Crippen molar-refractivity contribution in [3.8, 4) is 11.8 Å². The van der Waals surface area contributed by atoms with Crippen molar-refractivity contribution in [2.24, 2.45) is 0 Å². The highest BCUT2D eigenvalue weighted by atomic mass is 16.5. The van der Waals surface area contributed by atoms with Crippen LogP contribution >= 0.6 is 0 Å². The number of nitrogens with one attached hydrogen (secondary N) is 2. The molecule has 0 aliphatic rings. The molecule has 0 fully saturated rings. The number of benzene rings is 2. The highest BCUT2D eigenvalue weighted by Gasteiger charge is 2.15. The molecule has 2 aromatic carbocycles. The van der Waals surface area contributed by atoms with Crippen LogP contribution in [0.3, 0.4) is 0 Å². The van der Waals surface area contributed by atoms with E-state index in [1.807, 2.05) is 19.1 Å². The number of nitrogens with zero attached hydrogens (tertiary/aromatic N) is 2. The lowest BCUT2D eigenvalue weighted by Crippen LogP contribution is -2.17. The zero-order valence-corrected chi connectivity index (χ0v) is 15.7. The number of pyridine rings is 1. The molecule has 0 saturated carbocycles. The Morgan fingerprint density at radius 1 is 1.00 bits per heavy atom. The predicted octanol–water partition coefficient (Wildman–Crippen LogP) is 3.86. The number of carbonyl (C=O) groups excluding carboxylic acids is 2. The first-order chi connectivity index (χ1) is 14.1. The van der Waals surface area contributed by atoms with E-state index in [-0.39, 0.29) is 11.3 Å². The van der Waals surface area contributed by atoms with Gasteiger partial charge in [0, 0.05) is 11.8 Å². The number of ether oxygens (including phenoxy) is 1. The van der Waals surface area contributed by atoms with E-state index in [0.29, 0.717) is 29.3 Å². The molecule has 0 aliphatic carbocycles. The van der Waals surface area contributed by atoms with Crippen LogP contribution in [0.4, 0.5) is 11.4 Å². The van der Waals surface area contributed by atoms with Gasteiger partial charge in [-0.2, -0.15) is 5.26 Å². The normalized spacial score (nSPS) is 9.93. The van der Waals surface area contributed by atoms with Gasteiger partial charge in [-0.15, -0.1) is 0 Å². The van der Waals surface area contributed by atoms with Gasteiger partial charge in [-0.3, -0.25) is 14.6 Å². The highest BCUT2D eigenvalue weighted by molar-refractivity contribution is 6.08. The SMILES string of the molecule is CCOc1ccccc1NC(=O)c1cc(C(=O)Nc2ccccc2C#N)ccn1. The fraction of sp³-hybridized carbons (Fsp3) is 0.0909. The minimum Gasteiger partial charge on any atom is -0.492 e. The Morgan fingerprint density at radius 3 is 2.45 bits per heavy atom. The van der Waals surface area contributed by atoms with E-state index in [1.165, 1.54) is 18.3 Å². The van der Waals surface area contributed by atoms with Gasteiger partial charge in [0.2, 0.25) is 0 Å². The number of hydrogen-bond donors (Lipinski definition) is 2. The molecule has 0 spiro atoms. The number of aromatic nitrogens is 1. The quantitative estimate of drug-likeness (QED) is 0.669. The largest absolute Gasteiger partial charge is 0.492 e. The Kier molecular flexibility index (Phi) is 6.18. The van der Waals surface area contributed by atoms with E-state index >= 15 is 0 Å². The van der Waals surface area contributed by atoms with Crippen molar-refractivity contribution >= 4 is 23.2 Å². The van der Waals surface area contributed by atoms with E-state index in [1.54, 1.807) is 42.5 Å². The van der Waals surface area contributed by atoms with Crippen molar-refractivity contribution in [1.29, 1.82) is 5.26 Å². The van der Waals surface area contributed by atoms with E-state index in [4.69, 9.17) is 10.00 Å². The molecule has 0 saturated heterocycles. The Bertz CT molecular complexity index is 1090. The lowest BCUT2D eigenvalue weighted by molar-refractivity contribution is 0.102. The zero-order chi connectivity index (χ0) is 20.6. The van der Waals surface area contributed by atoms with Crippen LogP contribution in [0, 0.1) is 11.3 Å². The fourth-order valence-corrected chi connectivity index (χ4v) is 2.62. The van der Waals surface area contributed by atoms with Crippen molar-refractivity contribution in [3.63, 3.8) is 0 Å². The summed E-state index contributed by atoms with van der Waals surface area (Å²) in [6, 6.07) is 18.6. The first-order valence-electron chi connectivity index (χ1n) is 8.92. The summed E-state index contributed by atoms with van der Waals surface area (Å²) in [7, 11) is 0. The van der Waals surface area contributed by atoms with Crippen molar-refractivity contribution in [2.75, 3.05) is 17.2 Å². The molecule has 144 valence electrons. The second-order valence-corrected chi connectivity index (χ2v) is 5.92. The monoisotopic (exact) mass is 386 g/mol. The van der Waals surface area contributed by atoms with E-state index in [0.717, 1.165) is 0 Å². The molecule has 29 heavy (non-hydrogen) atoms. The molecule has 2 N–H and O–H groups in total. The average molecular weight is 386 g/mol. The molecule has 0 atom stereocenters. The Hall–Kier alpha value is -4.18. The van der Waals surface area contributed by atoms with Crippen molar-refractivity contribution in [1.82, 2.24) is 4.98 Å². The van der Waals surface area contributed by atoms with Crippen LogP contribution in [0.25, 0.3) is 0 Å². The fourth-order valence-electron chi connectivity index (χ4n) is 2.62. The van der Waals surface area contributed by atoms with Crippen LogP contribution in [-0.2, 0) is 0 Å². The van der Waals surface area contributed by atoms with Crippen molar-refractivity contribution in [3.05, 3.63) is 83.7 Å². The first-order valence-corrected chi connectivity index (χ1v) is 8.92. The Balaban J connectivity index is 1.78. The number of anilines is 2. The van der Waals surface area contributed by atoms with Gasteiger partial charge in [0.1, 0.15) is 17.5 Å². The second kappa shape index (κ2) is 9.15. The molecule has 0 bridgehead atoms. The summed E-state index contributed by atoms with van der Waals surface area (Å²) < 4.78 is 5.50. The summed E-state index contributed by atoms with van der Waals surface area (Å²) in [5.74, 6) is -0.367. The van der Waals surface area contributed by atoms with Gasteiger partial charge in [-0.05, 0) is 43.3 Å². The van der Waals surface area contributed by atoms with Crippen molar-refractivity contribution < 1.29 is 14.3 Å². The summed E-state index contributed by atoms with van der Waals surface area (Å²) in [6.07, 6.45) is 1.38. The molecular formula is C22H18N4O3. The maximum atomic E-state index is 12.6. The van der Waals surface area contributed by atoms with Gasteiger partial charge in [0.05, 0.1) is 23.5 Å². The van der Waals surface area contributed by atoms with Crippen LogP contribution in [-0.4, -0.2) is 23.4 Å². The molecular weight excluding hydrogens is 368 g/mol. The Morgan fingerprint density at radius 2 is 1.69 bits per heavy atom. The maximum Gasteiger partial charge on any atom is 0.274 e. The minimum absolute atomic E-state index is 0.0810. The highest BCUT2D eigenvalue weighted by Crippen LogP contribution is 2.24. The molecule has 7 heteroatoms.